The first kappa shape index (κ1) is 23.4. The maximum Gasteiger partial charge on any atom is 0.264 e. The molecular weight excluding hydrogens is 384 g/mol. The van der Waals surface area contributed by atoms with Gasteiger partial charge in [0, 0.05) is 6.54 Å². The average molecular weight is 419 g/mol. The summed E-state index contributed by atoms with van der Waals surface area (Å²) in [5, 5.41) is 10.8. The minimum atomic E-state index is -3.76. The molecule has 1 atom stereocenters. The van der Waals surface area contributed by atoms with Crippen LogP contribution in [0.25, 0.3) is 0 Å². The van der Waals surface area contributed by atoms with E-state index in [1.165, 1.54) is 4.31 Å². The second-order valence-corrected chi connectivity index (χ2v) is 9.21. The van der Waals surface area contributed by atoms with Gasteiger partial charge < -0.3 is 10.0 Å². The lowest BCUT2D eigenvalue weighted by atomic mass is 10.2. The molecule has 0 radical (unpaired) electrons. The van der Waals surface area contributed by atoms with Gasteiger partial charge in [-0.3, -0.25) is 4.31 Å². The maximum atomic E-state index is 13.3. The van der Waals surface area contributed by atoms with Gasteiger partial charge in [0.25, 0.3) is 10.0 Å². The number of nitrogens with zero attached hydrogens (tertiary/aromatic N) is 2. The number of hydrogen-bond acceptors (Lipinski definition) is 4. The van der Waals surface area contributed by atoms with Crippen LogP contribution in [0.4, 0.5) is 5.69 Å². The summed E-state index contributed by atoms with van der Waals surface area (Å²) in [7, 11) is -3.76. The van der Waals surface area contributed by atoms with E-state index in [2.05, 4.69) is 18.7 Å². The second-order valence-electron chi connectivity index (χ2n) is 7.35. The van der Waals surface area contributed by atoms with E-state index in [9.17, 15) is 13.5 Å². The SMILES string of the molecule is CCCCN(CCCC)C[C@H](O)CN(c1ccccc1)S(=O)(=O)c1ccccc1. The topological polar surface area (TPSA) is 60.9 Å². The summed E-state index contributed by atoms with van der Waals surface area (Å²) >= 11 is 0. The van der Waals surface area contributed by atoms with Gasteiger partial charge in [-0.25, -0.2) is 8.42 Å². The summed E-state index contributed by atoms with van der Waals surface area (Å²) in [6.45, 7) is 6.63. The van der Waals surface area contributed by atoms with Gasteiger partial charge in [0.2, 0.25) is 0 Å². The van der Waals surface area contributed by atoms with Crippen molar-refractivity contribution in [2.45, 2.75) is 50.5 Å². The molecule has 2 aromatic carbocycles. The molecule has 0 fully saturated rings. The number of anilines is 1. The van der Waals surface area contributed by atoms with Crippen LogP contribution in [-0.2, 0) is 10.0 Å². The van der Waals surface area contributed by atoms with Gasteiger partial charge in [-0.2, -0.15) is 0 Å². The molecule has 0 aliphatic heterocycles. The molecular formula is C23H34N2O3S. The zero-order valence-corrected chi connectivity index (χ0v) is 18.4. The van der Waals surface area contributed by atoms with Crippen molar-refractivity contribution in [2.75, 3.05) is 30.5 Å². The number of hydrogen-bond donors (Lipinski definition) is 1. The first-order valence-corrected chi connectivity index (χ1v) is 12.0. The van der Waals surface area contributed by atoms with Crippen molar-refractivity contribution in [3.63, 3.8) is 0 Å². The van der Waals surface area contributed by atoms with Crippen molar-refractivity contribution in [3.8, 4) is 0 Å². The van der Waals surface area contributed by atoms with Crippen LogP contribution in [0.5, 0.6) is 0 Å². The van der Waals surface area contributed by atoms with Gasteiger partial charge in [0.15, 0.2) is 0 Å². The summed E-state index contributed by atoms with van der Waals surface area (Å²) in [6.07, 6.45) is 3.55. The third kappa shape index (κ3) is 7.14. The van der Waals surface area contributed by atoms with Gasteiger partial charge in [-0.15, -0.1) is 0 Å². The molecule has 2 aromatic rings. The van der Waals surface area contributed by atoms with Gasteiger partial charge in [-0.05, 0) is 50.2 Å². The first-order valence-electron chi connectivity index (χ1n) is 10.5. The zero-order valence-electron chi connectivity index (χ0n) is 17.6. The van der Waals surface area contributed by atoms with Crippen LogP contribution >= 0.6 is 0 Å². The Kier molecular flexibility index (Phi) is 9.64. The molecule has 0 unspecified atom stereocenters. The van der Waals surface area contributed by atoms with E-state index >= 15 is 0 Å². The van der Waals surface area contributed by atoms with Crippen molar-refractivity contribution in [2.24, 2.45) is 0 Å². The first-order chi connectivity index (χ1) is 14.0. The normalized spacial score (nSPS) is 12.8. The Balaban J connectivity index is 2.21. The molecule has 1 N–H and O–H groups in total. The molecule has 6 heteroatoms. The van der Waals surface area contributed by atoms with Gasteiger partial charge in [0.1, 0.15) is 0 Å². The number of sulfonamides is 1. The van der Waals surface area contributed by atoms with Gasteiger partial charge in [0.05, 0.1) is 23.2 Å². The molecule has 0 saturated heterocycles. The van der Waals surface area contributed by atoms with Crippen LogP contribution in [-0.4, -0.2) is 50.7 Å². The molecule has 0 bridgehead atoms. The summed E-state index contributed by atoms with van der Waals surface area (Å²) in [5.41, 5.74) is 0.559. The van der Waals surface area contributed by atoms with Crippen molar-refractivity contribution >= 4 is 15.7 Å². The van der Waals surface area contributed by atoms with E-state index in [0.717, 1.165) is 38.8 Å². The summed E-state index contributed by atoms with van der Waals surface area (Å²) in [5.74, 6) is 0. The molecule has 0 heterocycles. The summed E-state index contributed by atoms with van der Waals surface area (Å²) in [6, 6.07) is 17.4. The number of aliphatic hydroxyl groups is 1. The molecule has 0 aliphatic carbocycles. The van der Waals surface area contributed by atoms with E-state index in [-0.39, 0.29) is 11.4 Å². The van der Waals surface area contributed by atoms with Crippen LogP contribution in [0.2, 0.25) is 0 Å². The largest absolute Gasteiger partial charge is 0.390 e. The quantitative estimate of drug-likeness (QED) is 0.531. The van der Waals surface area contributed by atoms with E-state index in [1.54, 1.807) is 42.5 Å². The zero-order chi connectivity index (χ0) is 21.1. The third-order valence-electron chi connectivity index (χ3n) is 4.88. The van der Waals surface area contributed by atoms with Gasteiger partial charge in [-0.1, -0.05) is 63.1 Å². The number of unbranched alkanes of at least 4 members (excludes halogenated alkanes) is 2. The van der Waals surface area contributed by atoms with Crippen LogP contribution in [0.15, 0.2) is 65.6 Å². The lowest BCUT2D eigenvalue weighted by Crippen LogP contribution is -2.43. The molecule has 0 spiro atoms. The Hall–Kier alpha value is -1.89. The smallest absolute Gasteiger partial charge is 0.264 e. The van der Waals surface area contributed by atoms with Crippen LogP contribution in [0.3, 0.4) is 0 Å². The Bertz CT molecular complexity index is 789. The van der Waals surface area contributed by atoms with Crippen molar-refractivity contribution in [1.82, 2.24) is 4.90 Å². The fourth-order valence-electron chi connectivity index (χ4n) is 3.26. The molecule has 29 heavy (non-hydrogen) atoms. The fraction of sp³-hybridized carbons (Fsp3) is 0.478. The Morgan fingerprint density at radius 1 is 0.828 bits per heavy atom. The highest BCUT2D eigenvalue weighted by Gasteiger charge is 2.27. The van der Waals surface area contributed by atoms with Crippen molar-refractivity contribution in [1.29, 1.82) is 0 Å². The second kappa shape index (κ2) is 12.0. The predicted molar refractivity (Wildman–Crippen MR) is 120 cm³/mol. The summed E-state index contributed by atoms with van der Waals surface area (Å²) in [4.78, 5) is 2.47. The van der Waals surface area contributed by atoms with Crippen molar-refractivity contribution < 1.29 is 13.5 Å². The van der Waals surface area contributed by atoms with Crippen LogP contribution in [0, 0.1) is 0 Å². The summed E-state index contributed by atoms with van der Waals surface area (Å²) < 4.78 is 27.9. The highest BCUT2D eigenvalue weighted by atomic mass is 32.2. The number of rotatable bonds is 13. The maximum absolute atomic E-state index is 13.3. The minimum absolute atomic E-state index is 0.0238. The number of aliphatic hydroxyl groups excluding tert-OH is 1. The van der Waals surface area contributed by atoms with Crippen LogP contribution < -0.4 is 4.31 Å². The lowest BCUT2D eigenvalue weighted by molar-refractivity contribution is 0.117. The van der Waals surface area contributed by atoms with Crippen molar-refractivity contribution in [3.05, 3.63) is 60.7 Å². The highest BCUT2D eigenvalue weighted by Crippen LogP contribution is 2.23. The molecule has 160 valence electrons. The molecule has 0 aliphatic rings. The Morgan fingerprint density at radius 3 is 1.86 bits per heavy atom. The molecule has 2 rings (SSSR count). The molecule has 5 nitrogen and oxygen atoms in total. The highest BCUT2D eigenvalue weighted by molar-refractivity contribution is 7.92. The Morgan fingerprint density at radius 2 is 1.34 bits per heavy atom. The molecule has 0 aromatic heterocycles. The standard InChI is InChI=1S/C23H34N2O3S/c1-3-5-17-24(18-6-4-2)19-22(26)20-25(21-13-9-7-10-14-21)29(27,28)23-15-11-8-12-16-23/h7-16,22,26H,3-6,17-20H2,1-2H3/t22-/m0/s1. The predicted octanol–water partition coefficient (Wildman–Crippen LogP) is 4.15. The van der Waals surface area contributed by atoms with E-state index in [0.29, 0.717) is 12.2 Å². The average Bonchev–Trinajstić information content (AvgIpc) is 2.75. The van der Waals surface area contributed by atoms with Gasteiger partial charge >= 0.3 is 0 Å². The Labute approximate surface area is 176 Å². The monoisotopic (exact) mass is 418 g/mol. The molecule has 0 amide bonds. The lowest BCUT2D eigenvalue weighted by Gasteiger charge is -2.30. The fourth-order valence-corrected chi connectivity index (χ4v) is 4.78. The van der Waals surface area contributed by atoms with Crippen LogP contribution in [0.1, 0.15) is 39.5 Å². The van der Waals surface area contributed by atoms with E-state index in [1.807, 2.05) is 18.2 Å². The third-order valence-corrected chi connectivity index (χ3v) is 6.68. The number of benzene rings is 2. The molecule has 0 saturated carbocycles. The number of para-hydroxylation sites is 1. The van der Waals surface area contributed by atoms with E-state index < -0.39 is 16.1 Å². The van der Waals surface area contributed by atoms with E-state index in [4.69, 9.17) is 0 Å². The minimum Gasteiger partial charge on any atom is -0.390 e.